The van der Waals surface area contributed by atoms with Gasteiger partial charge in [0.25, 0.3) is 5.56 Å². The van der Waals surface area contributed by atoms with Gasteiger partial charge in [-0.15, -0.1) is 0 Å². The van der Waals surface area contributed by atoms with E-state index in [9.17, 15) is 18.4 Å². The van der Waals surface area contributed by atoms with E-state index in [-0.39, 0.29) is 30.2 Å². The molecule has 0 N–H and O–H groups in total. The maximum absolute atomic E-state index is 12.4. The fourth-order valence-electron chi connectivity index (χ4n) is 2.81. The van der Waals surface area contributed by atoms with Gasteiger partial charge in [-0.1, -0.05) is 24.3 Å². The molecular formula is C20H19F2N3O3. The highest BCUT2D eigenvalue weighted by molar-refractivity contribution is 5.77. The van der Waals surface area contributed by atoms with Gasteiger partial charge in [0.05, 0.1) is 17.2 Å². The summed E-state index contributed by atoms with van der Waals surface area (Å²) >= 11 is 0. The molecule has 0 atom stereocenters. The van der Waals surface area contributed by atoms with Gasteiger partial charge in [-0.05, 0) is 29.8 Å². The number of aryl methyl sites for hydroxylation is 1. The smallest absolute Gasteiger partial charge is 0.387 e. The standard InChI is InChI=1S/C20H19F2N3O3/c1-24(12-14-6-8-15(9-7-14)28-20(21)22)18(26)10-11-25-13-23-17-5-3-2-4-16(17)19(25)27/h2-9,13,20H,10-12H2,1H3. The van der Waals surface area contributed by atoms with Crippen LogP contribution in [0.2, 0.25) is 0 Å². The maximum Gasteiger partial charge on any atom is 0.387 e. The molecule has 0 saturated heterocycles. The van der Waals surface area contributed by atoms with Crippen molar-refractivity contribution in [2.24, 2.45) is 0 Å². The van der Waals surface area contributed by atoms with E-state index in [2.05, 4.69) is 9.72 Å². The SMILES string of the molecule is CN(Cc1ccc(OC(F)F)cc1)C(=O)CCn1cnc2ccccc2c1=O. The predicted octanol–water partition coefficient (Wildman–Crippen LogP) is 3.05. The van der Waals surface area contributed by atoms with E-state index in [1.54, 1.807) is 37.4 Å². The van der Waals surface area contributed by atoms with Gasteiger partial charge in [0.2, 0.25) is 5.91 Å². The van der Waals surface area contributed by atoms with Gasteiger partial charge in [0.15, 0.2) is 0 Å². The Hall–Kier alpha value is -3.29. The van der Waals surface area contributed by atoms with E-state index in [1.165, 1.54) is 27.9 Å². The fraction of sp³-hybridized carbons (Fsp3) is 0.250. The Morgan fingerprint density at radius 2 is 1.89 bits per heavy atom. The van der Waals surface area contributed by atoms with Crippen LogP contribution in [0, 0.1) is 0 Å². The number of hydrogen-bond acceptors (Lipinski definition) is 4. The van der Waals surface area contributed by atoms with Crippen molar-refractivity contribution in [2.45, 2.75) is 26.1 Å². The first-order valence-corrected chi connectivity index (χ1v) is 8.66. The lowest BCUT2D eigenvalue weighted by Gasteiger charge is -2.18. The van der Waals surface area contributed by atoms with Crippen LogP contribution in [0.3, 0.4) is 0 Å². The molecule has 0 spiro atoms. The Labute approximate surface area is 160 Å². The third-order valence-electron chi connectivity index (χ3n) is 4.29. The number of halogens is 2. The number of carbonyl (C=O) groups is 1. The molecular weight excluding hydrogens is 368 g/mol. The lowest BCUT2D eigenvalue weighted by molar-refractivity contribution is -0.130. The molecule has 0 unspecified atom stereocenters. The molecule has 0 saturated carbocycles. The number of carbonyl (C=O) groups excluding carboxylic acids is 1. The van der Waals surface area contributed by atoms with E-state index in [0.717, 1.165) is 5.56 Å². The molecule has 0 aliphatic heterocycles. The van der Waals surface area contributed by atoms with Crippen molar-refractivity contribution in [3.8, 4) is 5.75 Å². The van der Waals surface area contributed by atoms with Crippen LogP contribution in [0.15, 0.2) is 59.7 Å². The van der Waals surface area contributed by atoms with Crippen LogP contribution in [0.4, 0.5) is 8.78 Å². The molecule has 8 heteroatoms. The molecule has 146 valence electrons. The molecule has 1 aromatic heterocycles. The largest absolute Gasteiger partial charge is 0.435 e. The minimum atomic E-state index is -2.87. The fourth-order valence-corrected chi connectivity index (χ4v) is 2.81. The van der Waals surface area contributed by atoms with Crippen LogP contribution in [0.25, 0.3) is 10.9 Å². The maximum atomic E-state index is 12.4. The second-order valence-electron chi connectivity index (χ2n) is 6.28. The summed E-state index contributed by atoms with van der Waals surface area (Å²) in [5.41, 5.74) is 1.21. The molecule has 0 aliphatic rings. The zero-order valence-electron chi connectivity index (χ0n) is 15.2. The summed E-state index contributed by atoms with van der Waals surface area (Å²) in [4.78, 5) is 30.6. The van der Waals surface area contributed by atoms with Crippen LogP contribution in [0.1, 0.15) is 12.0 Å². The summed E-state index contributed by atoms with van der Waals surface area (Å²) in [6.45, 7) is -2.33. The Balaban J connectivity index is 1.59. The first-order valence-electron chi connectivity index (χ1n) is 8.66. The van der Waals surface area contributed by atoms with Crippen LogP contribution >= 0.6 is 0 Å². The van der Waals surface area contributed by atoms with Crippen molar-refractivity contribution in [2.75, 3.05) is 7.05 Å². The summed E-state index contributed by atoms with van der Waals surface area (Å²) in [6.07, 6.45) is 1.59. The number of ether oxygens (including phenoxy) is 1. The highest BCUT2D eigenvalue weighted by atomic mass is 19.3. The van der Waals surface area contributed by atoms with Crippen LogP contribution in [-0.4, -0.2) is 34.0 Å². The van der Waals surface area contributed by atoms with E-state index in [0.29, 0.717) is 17.4 Å². The van der Waals surface area contributed by atoms with Gasteiger partial charge in [0.1, 0.15) is 5.75 Å². The summed E-state index contributed by atoms with van der Waals surface area (Å²) in [6, 6.07) is 13.2. The molecule has 3 aromatic rings. The molecule has 1 amide bonds. The summed E-state index contributed by atoms with van der Waals surface area (Å²) in [7, 11) is 1.65. The van der Waals surface area contributed by atoms with Gasteiger partial charge < -0.3 is 9.64 Å². The number of aromatic nitrogens is 2. The quantitative estimate of drug-likeness (QED) is 0.625. The first kappa shape index (κ1) is 19.5. The van der Waals surface area contributed by atoms with Gasteiger partial charge >= 0.3 is 6.61 Å². The van der Waals surface area contributed by atoms with Crippen molar-refractivity contribution in [1.82, 2.24) is 14.5 Å². The van der Waals surface area contributed by atoms with Crippen LogP contribution in [-0.2, 0) is 17.9 Å². The summed E-state index contributed by atoms with van der Waals surface area (Å²) in [5.74, 6) is -0.0797. The third-order valence-corrected chi connectivity index (χ3v) is 4.29. The molecule has 0 radical (unpaired) electrons. The lowest BCUT2D eigenvalue weighted by atomic mass is 10.2. The van der Waals surface area contributed by atoms with E-state index in [4.69, 9.17) is 0 Å². The third kappa shape index (κ3) is 4.70. The van der Waals surface area contributed by atoms with Crippen molar-refractivity contribution in [1.29, 1.82) is 0 Å². The van der Waals surface area contributed by atoms with E-state index >= 15 is 0 Å². The summed E-state index contributed by atoms with van der Waals surface area (Å²) in [5, 5.41) is 0.511. The lowest BCUT2D eigenvalue weighted by Crippen LogP contribution is -2.29. The molecule has 2 aromatic carbocycles. The molecule has 3 rings (SSSR count). The first-order chi connectivity index (χ1) is 13.4. The zero-order chi connectivity index (χ0) is 20.1. The average molecular weight is 387 g/mol. The summed E-state index contributed by atoms with van der Waals surface area (Å²) < 4.78 is 30.1. The number of hydrogen-bond donors (Lipinski definition) is 0. The number of fused-ring (bicyclic) bond motifs is 1. The van der Waals surface area contributed by atoms with Crippen LogP contribution in [0.5, 0.6) is 5.75 Å². The van der Waals surface area contributed by atoms with Gasteiger partial charge in [-0.2, -0.15) is 8.78 Å². The molecule has 0 fully saturated rings. The Kier molecular flexibility index (Phi) is 5.98. The second-order valence-corrected chi connectivity index (χ2v) is 6.28. The number of benzene rings is 2. The minimum absolute atomic E-state index is 0.0657. The van der Waals surface area contributed by atoms with Crippen molar-refractivity contribution in [3.63, 3.8) is 0 Å². The molecule has 0 aliphatic carbocycles. The van der Waals surface area contributed by atoms with Crippen molar-refractivity contribution in [3.05, 3.63) is 70.8 Å². The predicted molar refractivity (Wildman–Crippen MR) is 100 cm³/mol. The Morgan fingerprint density at radius 3 is 2.61 bits per heavy atom. The van der Waals surface area contributed by atoms with Crippen molar-refractivity contribution < 1.29 is 18.3 Å². The number of nitrogens with zero attached hydrogens (tertiary/aromatic N) is 3. The topological polar surface area (TPSA) is 64.4 Å². The number of rotatable bonds is 7. The van der Waals surface area contributed by atoms with Crippen molar-refractivity contribution >= 4 is 16.8 Å². The average Bonchev–Trinajstić information content (AvgIpc) is 2.68. The normalized spacial score (nSPS) is 11.0. The zero-order valence-corrected chi connectivity index (χ0v) is 15.2. The molecule has 1 heterocycles. The highest BCUT2D eigenvalue weighted by Crippen LogP contribution is 2.16. The van der Waals surface area contributed by atoms with Gasteiger partial charge in [-0.25, -0.2) is 4.98 Å². The Bertz CT molecular complexity index is 1020. The minimum Gasteiger partial charge on any atom is -0.435 e. The van der Waals surface area contributed by atoms with Gasteiger partial charge in [0, 0.05) is 26.6 Å². The number of para-hydroxylation sites is 1. The molecule has 6 nitrogen and oxygen atoms in total. The second kappa shape index (κ2) is 8.60. The van der Waals surface area contributed by atoms with Gasteiger partial charge in [-0.3, -0.25) is 14.2 Å². The highest BCUT2D eigenvalue weighted by Gasteiger charge is 2.12. The van der Waals surface area contributed by atoms with E-state index < -0.39 is 6.61 Å². The number of amides is 1. The molecule has 0 bridgehead atoms. The van der Waals surface area contributed by atoms with Crippen LogP contribution < -0.4 is 10.3 Å². The number of alkyl halides is 2. The van der Waals surface area contributed by atoms with E-state index in [1.807, 2.05) is 6.07 Å². The Morgan fingerprint density at radius 1 is 1.18 bits per heavy atom. The molecule has 28 heavy (non-hydrogen) atoms. The monoisotopic (exact) mass is 387 g/mol.